The van der Waals surface area contributed by atoms with Gasteiger partial charge in [0.15, 0.2) is 0 Å². The van der Waals surface area contributed by atoms with E-state index >= 15 is 0 Å². The summed E-state index contributed by atoms with van der Waals surface area (Å²) in [6.07, 6.45) is 0.451. The van der Waals surface area contributed by atoms with E-state index in [1.807, 2.05) is 43.3 Å². The van der Waals surface area contributed by atoms with Crippen LogP contribution in [-0.4, -0.2) is 11.6 Å². The third-order valence-corrected chi connectivity index (χ3v) is 3.93. The van der Waals surface area contributed by atoms with E-state index in [0.29, 0.717) is 12.1 Å². The van der Waals surface area contributed by atoms with Crippen molar-refractivity contribution in [2.24, 2.45) is 11.0 Å². The summed E-state index contributed by atoms with van der Waals surface area (Å²) in [6, 6.07) is 16.0. The third kappa shape index (κ3) is 3.51. The van der Waals surface area contributed by atoms with Gasteiger partial charge in [0.2, 0.25) is 5.91 Å². The fraction of sp³-hybridized carbons (Fsp3) is 0.222. The summed E-state index contributed by atoms with van der Waals surface area (Å²) >= 11 is 0. The van der Waals surface area contributed by atoms with Gasteiger partial charge in [0.05, 0.1) is 17.1 Å². The highest BCUT2D eigenvalue weighted by Gasteiger charge is 2.21. The maximum atomic E-state index is 11.3. The van der Waals surface area contributed by atoms with Gasteiger partial charge in [-0.15, -0.1) is 0 Å². The van der Waals surface area contributed by atoms with Gasteiger partial charge < -0.3 is 11.1 Å². The van der Waals surface area contributed by atoms with Crippen molar-refractivity contribution in [3.63, 3.8) is 0 Å². The molecule has 118 valence electrons. The van der Waals surface area contributed by atoms with Gasteiger partial charge in [-0.25, -0.2) is 5.43 Å². The first-order chi connectivity index (χ1) is 11.1. The summed E-state index contributed by atoms with van der Waals surface area (Å²) in [5.74, 6) is 0.0432. The summed E-state index contributed by atoms with van der Waals surface area (Å²) in [5, 5.41) is 7.51. The molecule has 0 unspecified atom stereocenters. The van der Waals surface area contributed by atoms with E-state index in [0.717, 1.165) is 23.5 Å². The van der Waals surface area contributed by atoms with Gasteiger partial charge in [0.1, 0.15) is 0 Å². The number of carbonyl (C=O) groups is 1. The fourth-order valence-corrected chi connectivity index (χ4v) is 2.68. The minimum Gasteiger partial charge on any atom is -0.397 e. The molecule has 0 bridgehead atoms. The average molecular weight is 308 g/mol. The Labute approximate surface area is 135 Å². The Hall–Kier alpha value is -2.82. The van der Waals surface area contributed by atoms with Gasteiger partial charge >= 0.3 is 0 Å². The van der Waals surface area contributed by atoms with Crippen LogP contribution in [0.5, 0.6) is 0 Å². The molecule has 0 radical (unpaired) electrons. The van der Waals surface area contributed by atoms with Crippen molar-refractivity contribution < 1.29 is 4.79 Å². The van der Waals surface area contributed by atoms with Crippen LogP contribution in [0.1, 0.15) is 24.5 Å². The van der Waals surface area contributed by atoms with Crippen molar-refractivity contribution in [1.82, 2.24) is 5.43 Å². The molecular weight excluding hydrogens is 288 g/mol. The highest BCUT2D eigenvalue weighted by atomic mass is 16.2. The first-order valence-corrected chi connectivity index (χ1v) is 7.67. The van der Waals surface area contributed by atoms with Crippen LogP contribution in [0.15, 0.2) is 53.6 Å². The van der Waals surface area contributed by atoms with Gasteiger partial charge in [-0.2, -0.15) is 5.10 Å². The molecular formula is C18H20N4O. The van der Waals surface area contributed by atoms with E-state index in [1.54, 1.807) is 0 Å². The lowest BCUT2D eigenvalue weighted by molar-refractivity contribution is -0.121. The molecule has 5 heteroatoms. The number of nitrogens with one attached hydrogen (secondary N) is 2. The zero-order chi connectivity index (χ0) is 16.2. The predicted octanol–water partition coefficient (Wildman–Crippen LogP) is 2.74. The minimum absolute atomic E-state index is 0.0460. The zero-order valence-corrected chi connectivity index (χ0v) is 13.0. The molecule has 2 aromatic carbocycles. The number of anilines is 2. The second-order valence-corrected chi connectivity index (χ2v) is 5.78. The second-order valence-electron chi connectivity index (χ2n) is 5.78. The number of nitrogen functional groups attached to an aromatic ring is 1. The van der Waals surface area contributed by atoms with E-state index in [4.69, 9.17) is 5.73 Å². The largest absolute Gasteiger partial charge is 0.397 e. The first kappa shape index (κ1) is 15.1. The van der Waals surface area contributed by atoms with Crippen LogP contribution in [0.4, 0.5) is 11.4 Å². The maximum Gasteiger partial charge on any atom is 0.240 e. The van der Waals surface area contributed by atoms with Gasteiger partial charge in [0.25, 0.3) is 0 Å². The monoisotopic (exact) mass is 308 g/mol. The number of benzene rings is 2. The molecule has 1 aliphatic rings. The number of hydrogen-bond donors (Lipinski definition) is 3. The number of rotatable bonds is 4. The van der Waals surface area contributed by atoms with Crippen molar-refractivity contribution in [1.29, 1.82) is 0 Å². The minimum atomic E-state index is -0.0460. The van der Waals surface area contributed by atoms with E-state index in [-0.39, 0.29) is 11.8 Å². The summed E-state index contributed by atoms with van der Waals surface area (Å²) < 4.78 is 0. The number of nitrogens with two attached hydrogens (primary N) is 1. The van der Waals surface area contributed by atoms with Crippen LogP contribution in [0.3, 0.4) is 0 Å². The quantitative estimate of drug-likeness (QED) is 0.760. The van der Waals surface area contributed by atoms with Crippen LogP contribution < -0.4 is 16.5 Å². The van der Waals surface area contributed by atoms with Crippen molar-refractivity contribution in [3.05, 3.63) is 59.7 Å². The van der Waals surface area contributed by atoms with Crippen molar-refractivity contribution >= 4 is 23.0 Å². The smallest absolute Gasteiger partial charge is 0.240 e. The van der Waals surface area contributed by atoms with Gasteiger partial charge in [0, 0.05) is 24.4 Å². The van der Waals surface area contributed by atoms with Crippen LogP contribution >= 0.6 is 0 Å². The van der Waals surface area contributed by atoms with Crippen LogP contribution in [0, 0.1) is 5.92 Å². The molecule has 1 atom stereocenters. The number of amides is 1. The number of nitrogens with zero attached hydrogens (tertiary/aromatic N) is 1. The highest BCUT2D eigenvalue weighted by Crippen LogP contribution is 2.24. The lowest BCUT2D eigenvalue weighted by atomic mass is 9.93. The normalized spacial score (nSPS) is 17.3. The molecule has 1 aliphatic heterocycles. The Morgan fingerprint density at radius 3 is 2.74 bits per heavy atom. The number of hydrogen-bond acceptors (Lipinski definition) is 4. The molecule has 23 heavy (non-hydrogen) atoms. The van der Waals surface area contributed by atoms with E-state index < -0.39 is 0 Å². The van der Waals surface area contributed by atoms with Gasteiger partial charge in [-0.1, -0.05) is 43.3 Å². The van der Waals surface area contributed by atoms with E-state index in [9.17, 15) is 4.79 Å². The number of carbonyl (C=O) groups excluding carboxylic acids is 1. The average Bonchev–Trinajstić information content (AvgIpc) is 2.55. The Morgan fingerprint density at radius 1 is 1.26 bits per heavy atom. The third-order valence-electron chi connectivity index (χ3n) is 3.93. The lowest BCUT2D eigenvalue weighted by Crippen LogP contribution is -2.32. The summed E-state index contributed by atoms with van der Waals surface area (Å²) in [7, 11) is 0. The molecule has 0 aliphatic carbocycles. The molecule has 3 rings (SSSR count). The van der Waals surface area contributed by atoms with Crippen molar-refractivity contribution in [2.75, 3.05) is 11.1 Å². The Balaban J connectivity index is 1.74. The highest BCUT2D eigenvalue weighted by molar-refractivity contribution is 6.06. The topological polar surface area (TPSA) is 79.5 Å². The lowest BCUT2D eigenvalue weighted by Gasteiger charge is -2.20. The van der Waals surface area contributed by atoms with Crippen LogP contribution in [-0.2, 0) is 11.3 Å². The summed E-state index contributed by atoms with van der Waals surface area (Å²) in [4.78, 5) is 11.3. The van der Waals surface area contributed by atoms with Crippen LogP contribution in [0.25, 0.3) is 0 Å². The second kappa shape index (κ2) is 6.52. The molecule has 2 aromatic rings. The van der Waals surface area contributed by atoms with Crippen molar-refractivity contribution in [2.45, 2.75) is 19.9 Å². The molecule has 0 saturated heterocycles. The van der Waals surface area contributed by atoms with Crippen LogP contribution in [0.2, 0.25) is 0 Å². The Morgan fingerprint density at radius 2 is 2.04 bits per heavy atom. The molecule has 4 N–H and O–H groups in total. The van der Waals surface area contributed by atoms with E-state index in [1.165, 1.54) is 5.56 Å². The summed E-state index contributed by atoms with van der Waals surface area (Å²) in [5.41, 5.74) is 13.3. The summed E-state index contributed by atoms with van der Waals surface area (Å²) in [6.45, 7) is 2.72. The van der Waals surface area contributed by atoms with Crippen molar-refractivity contribution in [3.8, 4) is 0 Å². The van der Waals surface area contributed by atoms with Gasteiger partial charge in [-0.05, 0) is 17.7 Å². The molecule has 0 aromatic heterocycles. The standard InChI is InChI=1S/C18H20N4O/c1-12-9-17(23)21-22-18(12)14-7-8-16(15(19)10-14)20-11-13-5-3-2-4-6-13/h2-8,10,12,20H,9,11,19H2,1H3,(H,21,23)/t12-/m0/s1. The molecule has 0 fully saturated rings. The molecule has 0 spiro atoms. The first-order valence-electron chi connectivity index (χ1n) is 7.67. The maximum absolute atomic E-state index is 11.3. The Kier molecular flexibility index (Phi) is 4.28. The zero-order valence-electron chi connectivity index (χ0n) is 13.0. The molecule has 1 heterocycles. The fourth-order valence-electron chi connectivity index (χ4n) is 2.68. The SMILES string of the molecule is C[C@H]1CC(=O)NN=C1c1ccc(NCc2ccccc2)c(N)c1. The number of hydrazone groups is 1. The van der Waals surface area contributed by atoms with Gasteiger partial charge in [-0.3, -0.25) is 4.79 Å². The molecule has 0 saturated carbocycles. The molecule has 5 nitrogen and oxygen atoms in total. The van der Waals surface area contributed by atoms with E-state index in [2.05, 4.69) is 28.0 Å². The molecule has 1 amide bonds. The predicted molar refractivity (Wildman–Crippen MR) is 93.1 cm³/mol. The Bertz CT molecular complexity index is 740.